The molecule has 1 aromatic heterocycles. The molecule has 0 unspecified atom stereocenters. The molecular weight excluding hydrogens is 314 g/mol. The molecule has 3 rings (SSSR count). The van der Waals surface area contributed by atoms with Gasteiger partial charge in [0.05, 0.1) is 0 Å². The van der Waals surface area contributed by atoms with E-state index in [1.165, 1.54) is 12.1 Å². The number of hydrogen-bond donors (Lipinski definition) is 0. The van der Waals surface area contributed by atoms with Gasteiger partial charge in [-0.3, -0.25) is 4.28 Å². The molecule has 0 fully saturated rings. The van der Waals surface area contributed by atoms with Crippen molar-refractivity contribution in [2.24, 2.45) is 5.16 Å². The van der Waals surface area contributed by atoms with Crippen molar-refractivity contribution >= 4 is 26.8 Å². The summed E-state index contributed by atoms with van der Waals surface area (Å²) in [6.45, 7) is 3.50. The molecule has 1 heterocycles. The van der Waals surface area contributed by atoms with E-state index in [-0.39, 0.29) is 4.90 Å². The first kappa shape index (κ1) is 15.3. The van der Waals surface area contributed by atoms with Crippen molar-refractivity contribution in [3.8, 4) is 0 Å². The lowest BCUT2D eigenvalue weighted by molar-refractivity contribution is 0.337. The van der Waals surface area contributed by atoms with E-state index in [2.05, 4.69) is 5.16 Å². The Bertz CT molecular complexity index is 936. The van der Waals surface area contributed by atoms with Crippen LogP contribution in [0.1, 0.15) is 18.2 Å². The highest BCUT2D eigenvalue weighted by molar-refractivity contribution is 7.86. The first-order chi connectivity index (χ1) is 11.0. The van der Waals surface area contributed by atoms with Gasteiger partial charge in [-0.1, -0.05) is 41.1 Å². The molecule has 6 heteroatoms. The Labute approximate surface area is 134 Å². The van der Waals surface area contributed by atoms with Gasteiger partial charge in [0.1, 0.15) is 16.2 Å². The Balaban J connectivity index is 1.84. The molecule has 2 aromatic carbocycles. The molecule has 0 spiro atoms. The second-order valence-electron chi connectivity index (χ2n) is 5.17. The van der Waals surface area contributed by atoms with Crippen LogP contribution >= 0.6 is 0 Å². The summed E-state index contributed by atoms with van der Waals surface area (Å²) in [5.74, 6) is 0.463. The fourth-order valence-electron chi connectivity index (χ4n) is 2.06. The monoisotopic (exact) mass is 329 g/mol. The van der Waals surface area contributed by atoms with Crippen LogP contribution in [0.4, 0.5) is 0 Å². The van der Waals surface area contributed by atoms with Crippen LogP contribution in [0.2, 0.25) is 0 Å². The van der Waals surface area contributed by atoms with Crippen LogP contribution in [0.3, 0.4) is 0 Å². The zero-order chi connectivity index (χ0) is 16.4. The topological polar surface area (TPSA) is 68.9 Å². The zero-order valence-corrected chi connectivity index (χ0v) is 13.5. The van der Waals surface area contributed by atoms with E-state index >= 15 is 0 Å². The van der Waals surface area contributed by atoms with E-state index in [1.807, 2.05) is 31.2 Å². The number of aryl methyl sites for hydroxylation is 1. The van der Waals surface area contributed by atoms with Crippen LogP contribution in [0.25, 0.3) is 11.0 Å². The lowest BCUT2D eigenvalue weighted by Crippen LogP contribution is -2.04. The summed E-state index contributed by atoms with van der Waals surface area (Å²) in [5, 5.41) is 4.61. The molecule has 23 heavy (non-hydrogen) atoms. The van der Waals surface area contributed by atoms with Crippen molar-refractivity contribution in [2.45, 2.75) is 18.7 Å². The Morgan fingerprint density at radius 2 is 1.78 bits per heavy atom. The second-order valence-corrected chi connectivity index (χ2v) is 6.70. The van der Waals surface area contributed by atoms with Gasteiger partial charge in [-0.2, -0.15) is 8.42 Å². The van der Waals surface area contributed by atoms with Crippen molar-refractivity contribution in [1.82, 2.24) is 0 Å². The summed E-state index contributed by atoms with van der Waals surface area (Å²) < 4.78 is 34.6. The highest BCUT2D eigenvalue weighted by Crippen LogP contribution is 2.20. The molecule has 0 atom stereocenters. The normalized spacial score (nSPS) is 12.5. The van der Waals surface area contributed by atoms with Gasteiger partial charge in [0, 0.05) is 5.39 Å². The van der Waals surface area contributed by atoms with Crippen LogP contribution in [-0.4, -0.2) is 14.1 Å². The lowest BCUT2D eigenvalue weighted by atomic mass is 10.2. The van der Waals surface area contributed by atoms with Crippen molar-refractivity contribution in [1.29, 1.82) is 0 Å². The molecule has 0 aliphatic heterocycles. The number of nitrogens with zero attached hydrogens (tertiary/aromatic N) is 1. The highest BCUT2D eigenvalue weighted by Gasteiger charge is 2.16. The summed E-state index contributed by atoms with van der Waals surface area (Å²) in [7, 11) is -3.94. The molecule has 0 aliphatic carbocycles. The largest absolute Gasteiger partial charge is 0.455 e. The van der Waals surface area contributed by atoms with Gasteiger partial charge in [0.2, 0.25) is 0 Å². The first-order valence-corrected chi connectivity index (χ1v) is 8.40. The quantitative estimate of drug-likeness (QED) is 0.538. The van der Waals surface area contributed by atoms with Gasteiger partial charge in [0.15, 0.2) is 5.76 Å². The summed E-state index contributed by atoms with van der Waals surface area (Å²) in [5.41, 5.74) is 2.02. The maximum atomic E-state index is 12.1. The van der Waals surface area contributed by atoms with Crippen molar-refractivity contribution < 1.29 is 17.1 Å². The van der Waals surface area contributed by atoms with Crippen molar-refractivity contribution in [3.63, 3.8) is 0 Å². The summed E-state index contributed by atoms with van der Waals surface area (Å²) in [4.78, 5) is 0.0595. The van der Waals surface area contributed by atoms with Gasteiger partial charge in [-0.25, -0.2) is 0 Å². The Morgan fingerprint density at radius 1 is 1.09 bits per heavy atom. The lowest BCUT2D eigenvalue weighted by Gasteiger charge is -2.02. The summed E-state index contributed by atoms with van der Waals surface area (Å²) in [6, 6.07) is 15.6. The van der Waals surface area contributed by atoms with Crippen LogP contribution < -0.4 is 0 Å². The van der Waals surface area contributed by atoms with Crippen molar-refractivity contribution in [2.75, 3.05) is 0 Å². The molecule has 3 aromatic rings. The number of furan rings is 1. The van der Waals surface area contributed by atoms with Gasteiger partial charge in [-0.15, -0.1) is 0 Å². The molecule has 0 radical (unpaired) electrons. The number of para-hydroxylation sites is 1. The Hall–Kier alpha value is -2.60. The zero-order valence-electron chi connectivity index (χ0n) is 12.7. The smallest absolute Gasteiger partial charge is 0.358 e. The third kappa shape index (κ3) is 3.27. The predicted molar refractivity (Wildman–Crippen MR) is 87.9 cm³/mol. The average molecular weight is 329 g/mol. The number of rotatable bonds is 4. The summed E-state index contributed by atoms with van der Waals surface area (Å²) >= 11 is 0. The molecule has 0 amide bonds. The molecule has 0 N–H and O–H groups in total. The van der Waals surface area contributed by atoms with E-state index in [9.17, 15) is 8.42 Å². The Kier molecular flexibility index (Phi) is 3.92. The van der Waals surface area contributed by atoms with E-state index in [1.54, 1.807) is 25.1 Å². The fraction of sp³-hybridized carbons (Fsp3) is 0.118. The number of oxime groups is 1. The SMILES string of the molecule is C/C(=N\OS(=O)(=O)c1ccc(C)cc1)c1cc2ccccc2o1. The molecule has 118 valence electrons. The molecule has 0 aliphatic rings. The first-order valence-electron chi connectivity index (χ1n) is 6.99. The van der Waals surface area contributed by atoms with E-state index in [4.69, 9.17) is 8.70 Å². The van der Waals surface area contributed by atoms with Crippen molar-refractivity contribution in [3.05, 3.63) is 65.9 Å². The fourth-order valence-corrected chi connectivity index (χ4v) is 2.82. The van der Waals surface area contributed by atoms with Gasteiger partial charge in [-0.05, 0) is 38.1 Å². The van der Waals surface area contributed by atoms with E-state index in [0.717, 1.165) is 10.9 Å². The third-order valence-corrected chi connectivity index (χ3v) is 4.48. The van der Waals surface area contributed by atoms with Gasteiger partial charge in [0.25, 0.3) is 0 Å². The standard InChI is InChI=1S/C17H15NO4S/c1-12-7-9-15(10-8-12)23(19,20)22-18-13(2)17-11-14-5-3-4-6-16(14)21-17/h3-11H,1-2H3/b18-13+. The molecule has 0 bridgehead atoms. The number of hydrogen-bond acceptors (Lipinski definition) is 5. The van der Waals surface area contributed by atoms with Crippen LogP contribution in [0.5, 0.6) is 0 Å². The minimum Gasteiger partial charge on any atom is -0.455 e. The average Bonchev–Trinajstić information content (AvgIpc) is 2.97. The van der Waals surface area contributed by atoms with Crippen LogP contribution in [0.15, 0.2) is 69.1 Å². The number of fused-ring (bicyclic) bond motifs is 1. The van der Waals surface area contributed by atoms with Gasteiger partial charge >= 0.3 is 10.1 Å². The molecular formula is C17H15NO4S. The van der Waals surface area contributed by atoms with Crippen LogP contribution in [-0.2, 0) is 14.4 Å². The number of benzene rings is 2. The second kappa shape index (κ2) is 5.89. The molecule has 0 saturated heterocycles. The maximum absolute atomic E-state index is 12.1. The minimum absolute atomic E-state index is 0.0595. The Morgan fingerprint density at radius 3 is 2.48 bits per heavy atom. The molecule has 0 saturated carbocycles. The maximum Gasteiger partial charge on any atom is 0.358 e. The van der Waals surface area contributed by atoms with E-state index in [0.29, 0.717) is 17.1 Å². The molecule has 5 nitrogen and oxygen atoms in total. The van der Waals surface area contributed by atoms with Gasteiger partial charge < -0.3 is 4.42 Å². The predicted octanol–water partition coefficient (Wildman–Crippen LogP) is 3.87. The highest BCUT2D eigenvalue weighted by atomic mass is 32.2. The van der Waals surface area contributed by atoms with E-state index < -0.39 is 10.1 Å². The minimum atomic E-state index is -3.94. The van der Waals surface area contributed by atoms with Crippen LogP contribution in [0, 0.1) is 6.92 Å². The third-order valence-electron chi connectivity index (χ3n) is 3.36. The summed E-state index contributed by atoms with van der Waals surface area (Å²) in [6.07, 6.45) is 0.